The number of amides is 1. The second kappa shape index (κ2) is 9.98. The minimum atomic E-state index is -4.00. The van der Waals surface area contributed by atoms with Gasteiger partial charge < -0.3 is 9.30 Å². The molecular formula is C22H22FN3O5S3. The Morgan fingerprint density at radius 1 is 1.24 bits per heavy atom. The number of fused-ring (bicyclic) bond motifs is 1. The molecule has 34 heavy (non-hydrogen) atoms. The molecule has 8 nitrogen and oxygen atoms in total. The van der Waals surface area contributed by atoms with Gasteiger partial charge >= 0.3 is 5.97 Å². The fraction of sp³-hybridized carbons (Fsp3) is 0.318. The molecule has 0 spiro atoms. The van der Waals surface area contributed by atoms with Crippen LogP contribution in [0, 0.1) is 5.82 Å². The van der Waals surface area contributed by atoms with Crippen molar-refractivity contribution < 1.29 is 27.1 Å². The van der Waals surface area contributed by atoms with E-state index in [1.54, 1.807) is 16.3 Å². The van der Waals surface area contributed by atoms with Crippen LogP contribution in [0.2, 0.25) is 0 Å². The molecular weight excluding hydrogens is 501 g/mol. The minimum Gasteiger partial charge on any atom is -0.468 e. The number of carbonyl (C=O) groups is 2. The van der Waals surface area contributed by atoms with Crippen LogP contribution < -0.4 is 4.80 Å². The Bertz CT molecular complexity index is 1410. The van der Waals surface area contributed by atoms with Crippen molar-refractivity contribution in [2.45, 2.75) is 35.2 Å². The zero-order valence-corrected chi connectivity index (χ0v) is 20.9. The van der Waals surface area contributed by atoms with Gasteiger partial charge in [0.1, 0.15) is 18.4 Å². The Hall–Kier alpha value is -2.54. The number of hydrogen-bond acceptors (Lipinski definition) is 7. The molecule has 4 rings (SSSR count). The zero-order chi connectivity index (χ0) is 24.5. The van der Waals surface area contributed by atoms with E-state index in [9.17, 15) is 22.4 Å². The van der Waals surface area contributed by atoms with E-state index in [0.29, 0.717) is 12.8 Å². The van der Waals surface area contributed by atoms with Crippen LogP contribution >= 0.6 is 23.1 Å². The Labute approximate surface area is 204 Å². The number of aromatic nitrogens is 1. The standard InChI is InChI=1S/C22H22FN3O5S3/c1-31-20(27)13-25-17-10-7-15(32-2)12-19(17)33-22(25)24-21(28)18-4-3-11-26(18)34(29,30)16-8-5-14(23)6-9-16/h5-10,12,18H,3-4,11,13H2,1-2H3. The van der Waals surface area contributed by atoms with E-state index in [0.717, 1.165) is 31.6 Å². The van der Waals surface area contributed by atoms with Crippen molar-refractivity contribution in [1.82, 2.24) is 8.87 Å². The lowest BCUT2D eigenvalue weighted by Gasteiger charge is -2.21. The third-order valence-corrected chi connectivity index (χ3v) is 9.21. The highest BCUT2D eigenvalue weighted by molar-refractivity contribution is 7.98. The van der Waals surface area contributed by atoms with Crippen LogP contribution in [0.4, 0.5) is 4.39 Å². The third-order valence-electron chi connectivity index (χ3n) is 5.52. The molecule has 0 bridgehead atoms. The first-order valence-electron chi connectivity index (χ1n) is 10.3. The van der Waals surface area contributed by atoms with E-state index in [-0.39, 0.29) is 22.8 Å². The van der Waals surface area contributed by atoms with E-state index in [4.69, 9.17) is 4.74 Å². The maximum absolute atomic E-state index is 13.3. The van der Waals surface area contributed by atoms with Crippen LogP contribution in [0.25, 0.3) is 10.2 Å². The smallest absolute Gasteiger partial charge is 0.325 e. The van der Waals surface area contributed by atoms with E-state index >= 15 is 0 Å². The third kappa shape index (κ3) is 4.81. The predicted molar refractivity (Wildman–Crippen MR) is 127 cm³/mol. The maximum atomic E-state index is 13.3. The first kappa shape index (κ1) is 24.6. The molecule has 1 atom stereocenters. The number of thioether (sulfide) groups is 1. The largest absolute Gasteiger partial charge is 0.468 e. The van der Waals surface area contributed by atoms with Crippen LogP contribution in [0.15, 0.2) is 57.2 Å². The fourth-order valence-electron chi connectivity index (χ4n) is 3.80. The summed E-state index contributed by atoms with van der Waals surface area (Å²) in [6.07, 6.45) is 2.77. The molecule has 1 amide bonds. The van der Waals surface area contributed by atoms with Gasteiger partial charge in [-0.15, -0.1) is 11.8 Å². The average Bonchev–Trinajstić information content (AvgIpc) is 3.45. The van der Waals surface area contributed by atoms with Gasteiger partial charge in [-0.2, -0.15) is 9.30 Å². The van der Waals surface area contributed by atoms with Crippen LogP contribution in [-0.2, 0) is 30.9 Å². The van der Waals surface area contributed by atoms with Crippen LogP contribution in [0.1, 0.15) is 12.8 Å². The number of thiazole rings is 1. The van der Waals surface area contributed by atoms with Gasteiger partial charge in [-0.1, -0.05) is 11.3 Å². The van der Waals surface area contributed by atoms with Crippen molar-refractivity contribution in [3.8, 4) is 0 Å². The number of rotatable bonds is 6. The fourth-order valence-corrected chi connectivity index (χ4v) is 7.04. The van der Waals surface area contributed by atoms with Crippen LogP contribution in [0.5, 0.6) is 0 Å². The summed E-state index contributed by atoms with van der Waals surface area (Å²) in [5, 5.41) is 0. The summed E-state index contributed by atoms with van der Waals surface area (Å²) in [6, 6.07) is 9.23. The van der Waals surface area contributed by atoms with E-state index in [2.05, 4.69) is 4.99 Å². The number of ether oxygens (including phenoxy) is 1. The molecule has 0 aliphatic carbocycles. The zero-order valence-electron chi connectivity index (χ0n) is 18.4. The van der Waals surface area contributed by atoms with Crippen molar-refractivity contribution in [1.29, 1.82) is 0 Å². The molecule has 12 heteroatoms. The monoisotopic (exact) mass is 523 g/mol. The highest BCUT2D eigenvalue weighted by atomic mass is 32.2. The summed E-state index contributed by atoms with van der Waals surface area (Å²) in [5.41, 5.74) is 0.724. The number of sulfonamides is 1. The normalized spacial score (nSPS) is 17.4. The number of nitrogens with zero attached hydrogens (tertiary/aromatic N) is 3. The Morgan fingerprint density at radius 3 is 2.65 bits per heavy atom. The summed E-state index contributed by atoms with van der Waals surface area (Å²) in [6.45, 7) is 0.0286. The summed E-state index contributed by atoms with van der Waals surface area (Å²) in [7, 11) is -2.72. The van der Waals surface area contributed by atoms with E-state index < -0.39 is 33.8 Å². The molecule has 0 saturated carbocycles. The summed E-state index contributed by atoms with van der Waals surface area (Å²) in [4.78, 5) is 30.7. The number of methoxy groups -OCH3 is 1. The van der Waals surface area contributed by atoms with Crippen LogP contribution in [0.3, 0.4) is 0 Å². The molecule has 1 aliphatic rings. The van der Waals surface area contributed by atoms with Crippen molar-refractivity contribution in [3.63, 3.8) is 0 Å². The van der Waals surface area contributed by atoms with Gasteiger partial charge in [0.2, 0.25) is 10.0 Å². The molecule has 1 fully saturated rings. The topological polar surface area (TPSA) is 98.0 Å². The molecule has 1 aromatic heterocycles. The van der Waals surface area contributed by atoms with E-state index in [1.807, 2.05) is 24.5 Å². The molecule has 2 aromatic carbocycles. The molecule has 0 radical (unpaired) electrons. The number of hydrogen-bond donors (Lipinski definition) is 0. The SMILES string of the molecule is COC(=O)Cn1c(=NC(=O)C2CCCN2S(=O)(=O)c2ccc(F)cc2)sc2cc(SC)ccc21. The second-order valence-corrected chi connectivity index (χ2v) is 11.3. The van der Waals surface area contributed by atoms with Gasteiger partial charge in [-0.3, -0.25) is 9.59 Å². The molecule has 2 heterocycles. The van der Waals surface area contributed by atoms with Crippen molar-refractivity contribution in [2.24, 2.45) is 4.99 Å². The number of carbonyl (C=O) groups excluding carboxylic acids is 2. The predicted octanol–water partition coefficient (Wildman–Crippen LogP) is 3.02. The van der Waals surface area contributed by atoms with Crippen molar-refractivity contribution >= 4 is 55.2 Å². The molecule has 180 valence electrons. The van der Waals surface area contributed by atoms with Gasteiger partial charge in [-0.05, 0) is 61.6 Å². The lowest BCUT2D eigenvalue weighted by molar-refractivity contribution is -0.141. The summed E-state index contributed by atoms with van der Waals surface area (Å²) < 4.78 is 47.9. The van der Waals surface area contributed by atoms with Crippen molar-refractivity contribution in [2.75, 3.05) is 19.9 Å². The number of esters is 1. The Balaban J connectivity index is 1.73. The molecule has 0 N–H and O–H groups in total. The van der Waals surface area contributed by atoms with Crippen LogP contribution in [-0.4, -0.2) is 55.1 Å². The molecule has 1 saturated heterocycles. The highest BCUT2D eigenvalue weighted by Crippen LogP contribution is 2.28. The van der Waals surface area contributed by atoms with E-state index in [1.165, 1.54) is 30.6 Å². The lowest BCUT2D eigenvalue weighted by Crippen LogP contribution is -2.40. The lowest BCUT2D eigenvalue weighted by atomic mass is 10.2. The highest BCUT2D eigenvalue weighted by Gasteiger charge is 2.39. The quantitative estimate of drug-likeness (QED) is 0.364. The molecule has 1 unspecified atom stereocenters. The number of benzene rings is 2. The first-order valence-corrected chi connectivity index (χ1v) is 13.8. The Kier molecular flexibility index (Phi) is 7.22. The minimum absolute atomic E-state index is 0.0826. The van der Waals surface area contributed by atoms with Gasteiger partial charge in [0.05, 0.1) is 22.2 Å². The summed E-state index contributed by atoms with van der Waals surface area (Å²) >= 11 is 2.81. The average molecular weight is 524 g/mol. The second-order valence-electron chi connectivity index (χ2n) is 7.56. The Morgan fingerprint density at radius 2 is 1.97 bits per heavy atom. The maximum Gasteiger partial charge on any atom is 0.325 e. The van der Waals surface area contributed by atoms with Gasteiger partial charge in [0, 0.05) is 11.4 Å². The van der Waals surface area contributed by atoms with Crippen molar-refractivity contribution in [3.05, 3.63) is 53.1 Å². The summed E-state index contributed by atoms with van der Waals surface area (Å²) in [5.74, 6) is -1.66. The van der Waals surface area contributed by atoms with Gasteiger partial charge in [-0.25, -0.2) is 12.8 Å². The van der Waals surface area contributed by atoms with Gasteiger partial charge in [0.15, 0.2) is 4.80 Å². The molecule has 1 aliphatic heterocycles. The van der Waals surface area contributed by atoms with Gasteiger partial charge in [0.25, 0.3) is 5.91 Å². The number of halogens is 1. The first-order chi connectivity index (χ1) is 16.2. The molecule has 3 aromatic rings.